The summed E-state index contributed by atoms with van der Waals surface area (Å²) in [5.41, 5.74) is 4.98. The van der Waals surface area contributed by atoms with E-state index in [4.69, 9.17) is 0 Å². The van der Waals surface area contributed by atoms with Gasteiger partial charge in [0, 0.05) is 0 Å². The van der Waals surface area contributed by atoms with E-state index in [1.54, 1.807) is 14.4 Å². The summed E-state index contributed by atoms with van der Waals surface area (Å²) >= 11 is -1.90. The predicted molar refractivity (Wildman–Crippen MR) is 85.0 cm³/mol. The zero-order chi connectivity index (χ0) is 13.7. The minimum atomic E-state index is -1.90. The van der Waals surface area contributed by atoms with Gasteiger partial charge in [-0.3, -0.25) is 0 Å². The van der Waals surface area contributed by atoms with Gasteiger partial charge in [-0.2, -0.15) is 0 Å². The van der Waals surface area contributed by atoms with E-state index in [2.05, 4.69) is 64.3 Å². The Morgan fingerprint density at radius 1 is 1.06 bits per heavy atom. The zero-order valence-corrected chi connectivity index (χ0v) is 15.0. The number of allylic oxidation sites excluding steroid dienone is 2. The fourth-order valence-corrected chi connectivity index (χ4v) is 9.25. The first-order valence-electron chi connectivity index (χ1n) is 6.95. The molecule has 0 aromatic heterocycles. The van der Waals surface area contributed by atoms with Gasteiger partial charge in [-0.25, -0.2) is 0 Å². The molecule has 1 aromatic carbocycles. The molecule has 0 amide bonds. The molecule has 0 aliphatic carbocycles. The van der Waals surface area contributed by atoms with Gasteiger partial charge in [-0.15, -0.1) is 0 Å². The summed E-state index contributed by atoms with van der Waals surface area (Å²) in [6.07, 6.45) is 1.18. The van der Waals surface area contributed by atoms with E-state index in [-0.39, 0.29) is 0 Å². The SMILES string of the molecule is CC1=[C](C)[Ge]([CH3])([CH3])[c]2cc(CC(C)(C)C)ccc21. The second-order valence-corrected chi connectivity index (χ2v) is 17.0. The molecule has 0 unspecified atom stereocenters. The van der Waals surface area contributed by atoms with Crippen molar-refractivity contribution < 1.29 is 0 Å². The van der Waals surface area contributed by atoms with E-state index < -0.39 is 13.3 Å². The van der Waals surface area contributed by atoms with Gasteiger partial charge >= 0.3 is 115 Å². The standard InChI is InChI=1S/C17H26Ge/c1-12-13(2)18(6,7)16-10-14(8-9-15(12)16)11-17(3,4)5/h8-10H,11H2,1-7H3. The quantitative estimate of drug-likeness (QED) is 0.668. The molecule has 0 fully saturated rings. The molecule has 1 aromatic rings. The Bertz CT molecular complexity index is 513. The summed E-state index contributed by atoms with van der Waals surface area (Å²) in [7, 11) is 0. The Hall–Kier alpha value is -0.497. The summed E-state index contributed by atoms with van der Waals surface area (Å²) in [6.45, 7) is 11.6. The number of benzene rings is 1. The monoisotopic (exact) mass is 304 g/mol. The minimum absolute atomic E-state index is 0.376. The molecule has 0 radical (unpaired) electrons. The molecule has 0 saturated heterocycles. The van der Waals surface area contributed by atoms with Crippen LogP contribution < -0.4 is 4.40 Å². The first kappa shape index (κ1) is 13.9. The third kappa shape index (κ3) is 2.32. The Morgan fingerprint density at radius 3 is 2.22 bits per heavy atom. The van der Waals surface area contributed by atoms with E-state index in [1.807, 2.05) is 0 Å². The predicted octanol–water partition coefficient (Wildman–Crippen LogP) is 4.54. The molecule has 1 heterocycles. The maximum absolute atomic E-state index is 2.53. The van der Waals surface area contributed by atoms with Crippen molar-refractivity contribution in [3.8, 4) is 0 Å². The second kappa shape index (κ2) is 4.26. The van der Waals surface area contributed by atoms with Gasteiger partial charge in [-0.05, 0) is 0 Å². The topological polar surface area (TPSA) is 0 Å². The van der Waals surface area contributed by atoms with Crippen molar-refractivity contribution in [2.75, 3.05) is 0 Å². The molecule has 1 aliphatic rings. The second-order valence-electron chi connectivity index (χ2n) is 7.49. The Labute approximate surface area is 115 Å². The van der Waals surface area contributed by atoms with Crippen molar-refractivity contribution in [3.05, 3.63) is 33.7 Å². The maximum atomic E-state index is 2.53. The Morgan fingerprint density at radius 2 is 1.67 bits per heavy atom. The molecule has 1 heteroatoms. The molecule has 18 heavy (non-hydrogen) atoms. The van der Waals surface area contributed by atoms with E-state index >= 15 is 0 Å². The Balaban J connectivity index is 2.46. The molecular formula is C17H26Ge. The van der Waals surface area contributed by atoms with Crippen molar-refractivity contribution in [2.45, 2.75) is 52.6 Å². The van der Waals surface area contributed by atoms with Crippen LogP contribution in [0.2, 0.25) is 11.5 Å². The fraction of sp³-hybridized carbons (Fsp3) is 0.529. The van der Waals surface area contributed by atoms with E-state index in [0.717, 1.165) is 0 Å². The van der Waals surface area contributed by atoms with Crippen LogP contribution in [-0.2, 0) is 6.42 Å². The van der Waals surface area contributed by atoms with Gasteiger partial charge < -0.3 is 0 Å². The fourth-order valence-electron chi connectivity index (χ4n) is 3.03. The van der Waals surface area contributed by atoms with E-state index in [1.165, 1.54) is 17.5 Å². The summed E-state index contributed by atoms with van der Waals surface area (Å²) in [6, 6.07) is 7.22. The van der Waals surface area contributed by atoms with Gasteiger partial charge in [0.15, 0.2) is 0 Å². The van der Waals surface area contributed by atoms with Gasteiger partial charge in [0.05, 0.1) is 0 Å². The van der Waals surface area contributed by atoms with Crippen LogP contribution in [0.25, 0.3) is 5.57 Å². The van der Waals surface area contributed by atoms with Gasteiger partial charge in [-0.1, -0.05) is 0 Å². The van der Waals surface area contributed by atoms with Crippen LogP contribution in [0.4, 0.5) is 0 Å². The van der Waals surface area contributed by atoms with E-state index in [0.29, 0.717) is 5.41 Å². The van der Waals surface area contributed by atoms with Crippen LogP contribution in [0.3, 0.4) is 0 Å². The molecule has 0 atom stereocenters. The Kier molecular flexibility index (Phi) is 3.30. The summed E-state index contributed by atoms with van der Waals surface area (Å²) < 4.78 is 3.41. The molecule has 1 aliphatic heterocycles. The summed E-state index contributed by atoms with van der Waals surface area (Å²) in [5, 5.41) is 0. The third-order valence-corrected chi connectivity index (χ3v) is 12.8. The van der Waals surface area contributed by atoms with Crippen LogP contribution in [0.15, 0.2) is 22.6 Å². The molecular weight excluding hydrogens is 277 g/mol. The summed E-state index contributed by atoms with van der Waals surface area (Å²) in [4.78, 5) is 0. The van der Waals surface area contributed by atoms with Crippen molar-refractivity contribution in [3.63, 3.8) is 0 Å². The van der Waals surface area contributed by atoms with Crippen molar-refractivity contribution in [1.29, 1.82) is 0 Å². The number of hydrogen-bond acceptors (Lipinski definition) is 0. The van der Waals surface area contributed by atoms with E-state index in [9.17, 15) is 0 Å². The molecule has 0 spiro atoms. The van der Waals surface area contributed by atoms with Gasteiger partial charge in [0.25, 0.3) is 0 Å². The molecule has 0 saturated carbocycles. The number of fused-ring (bicyclic) bond motifs is 1. The average Bonchev–Trinajstić information content (AvgIpc) is 2.39. The molecule has 0 nitrogen and oxygen atoms in total. The van der Waals surface area contributed by atoms with Crippen molar-refractivity contribution in [1.82, 2.24) is 0 Å². The molecule has 98 valence electrons. The average molecular weight is 303 g/mol. The van der Waals surface area contributed by atoms with Crippen LogP contribution in [0, 0.1) is 5.41 Å². The first-order chi connectivity index (χ1) is 8.13. The first-order valence-corrected chi connectivity index (χ1v) is 13.2. The van der Waals surface area contributed by atoms with Crippen LogP contribution in [0.1, 0.15) is 45.7 Å². The van der Waals surface area contributed by atoms with Crippen molar-refractivity contribution in [2.24, 2.45) is 5.41 Å². The zero-order valence-electron chi connectivity index (χ0n) is 12.9. The van der Waals surface area contributed by atoms with Gasteiger partial charge in [0.1, 0.15) is 0 Å². The number of rotatable bonds is 1. The normalized spacial score (nSPS) is 18.2. The van der Waals surface area contributed by atoms with Crippen LogP contribution >= 0.6 is 0 Å². The van der Waals surface area contributed by atoms with Crippen LogP contribution in [-0.4, -0.2) is 13.3 Å². The molecule has 0 N–H and O–H groups in total. The van der Waals surface area contributed by atoms with Crippen molar-refractivity contribution >= 4 is 23.2 Å². The van der Waals surface area contributed by atoms with Gasteiger partial charge in [0.2, 0.25) is 0 Å². The number of hydrogen-bond donors (Lipinski definition) is 0. The molecule has 2 rings (SSSR count). The molecule has 0 bridgehead atoms. The third-order valence-electron chi connectivity index (χ3n) is 4.40. The van der Waals surface area contributed by atoms with Crippen LogP contribution in [0.5, 0.6) is 0 Å². The summed E-state index contributed by atoms with van der Waals surface area (Å²) in [5.74, 6) is 5.07.